The highest BCUT2D eigenvalue weighted by atomic mass is 35.5. The Hall–Kier alpha value is -2.98. The predicted octanol–water partition coefficient (Wildman–Crippen LogP) is 7.13. The Labute approximate surface area is 189 Å². The van der Waals surface area contributed by atoms with Gasteiger partial charge in [-0.25, -0.2) is 0 Å². The van der Waals surface area contributed by atoms with Gasteiger partial charge in [0, 0.05) is 5.03 Å². The molecule has 0 aliphatic heterocycles. The van der Waals surface area contributed by atoms with Crippen LogP contribution in [0, 0.1) is 28.6 Å². The first-order valence-electron chi connectivity index (χ1n) is 9.81. The van der Waals surface area contributed by atoms with Crippen molar-refractivity contribution in [1.82, 2.24) is 0 Å². The van der Waals surface area contributed by atoms with Crippen LogP contribution >= 0.6 is 11.6 Å². The van der Waals surface area contributed by atoms with Crippen molar-refractivity contribution in [2.75, 3.05) is 0 Å². The summed E-state index contributed by atoms with van der Waals surface area (Å²) in [6, 6.07) is 16.4. The van der Waals surface area contributed by atoms with E-state index in [1.807, 2.05) is 6.07 Å². The minimum atomic E-state index is -4.95. The molecule has 2 rings (SSSR count). The van der Waals surface area contributed by atoms with Gasteiger partial charge >= 0.3 is 12.1 Å². The number of hydrogen-bond donors (Lipinski definition) is 1. The quantitative estimate of drug-likeness (QED) is 0.450. The third-order valence-electron chi connectivity index (χ3n) is 5.37. The highest BCUT2D eigenvalue weighted by molar-refractivity contribution is 6.29. The number of hydrogen-bond acceptors (Lipinski definition) is 3. The molecule has 0 aliphatic rings. The number of carboxylic acids is 1. The van der Waals surface area contributed by atoms with Crippen molar-refractivity contribution in [3.63, 3.8) is 0 Å². The third kappa shape index (κ3) is 5.25. The summed E-state index contributed by atoms with van der Waals surface area (Å²) in [5.41, 5.74) is -2.43. The van der Waals surface area contributed by atoms with E-state index in [0.717, 1.165) is 0 Å². The number of allylic oxidation sites excluding steroid dienone is 2. The zero-order chi connectivity index (χ0) is 24.1. The van der Waals surface area contributed by atoms with Crippen molar-refractivity contribution < 1.29 is 27.8 Å². The lowest BCUT2D eigenvalue weighted by Crippen LogP contribution is -2.52. The van der Waals surface area contributed by atoms with E-state index in [-0.39, 0.29) is 16.3 Å². The molecule has 0 aliphatic carbocycles. The summed E-state index contributed by atoms with van der Waals surface area (Å²) in [4.78, 5) is 12.5. The van der Waals surface area contributed by atoms with Gasteiger partial charge in [0.2, 0.25) is 0 Å². The zero-order valence-electron chi connectivity index (χ0n) is 17.7. The average molecular weight is 466 g/mol. The second-order valence-corrected chi connectivity index (χ2v) is 8.31. The fraction of sp³-hybridized carbons (Fsp3) is 0.333. The van der Waals surface area contributed by atoms with E-state index < -0.39 is 35.3 Å². The second-order valence-electron chi connectivity index (χ2n) is 7.72. The largest absolute Gasteiger partial charge is 0.481 e. The number of nitriles is 1. The standard InChI is InChI=1S/C24H23ClF3NO3/c1-15(2)23(22(30)31,21(12-16(3)25)24(26,27)28)20(14-29)17-8-7-11-19(13-17)32-18-9-5-4-6-10-18/h4-13,15,20-21H,1-3H3,(H,30,31). The van der Waals surface area contributed by atoms with Crippen LogP contribution < -0.4 is 4.74 Å². The minimum Gasteiger partial charge on any atom is -0.481 e. The average Bonchev–Trinajstić information content (AvgIpc) is 2.70. The number of benzene rings is 2. The number of para-hydroxylation sites is 1. The van der Waals surface area contributed by atoms with E-state index in [9.17, 15) is 28.3 Å². The molecule has 4 nitrogen and oxygen atoms in total. The molecule has 0 saturated heterocycles. The lowest BCUT2D eigenvalue weighted by Gasteiger charge is -2.43. The number of carboxylic acid groups (broad SMARTS) is 1. The summed E-state index contributed by atoms with van der Waals surface area (Å²) in [7, 11) is 0. The van der Waals surface area contributed by atoms with Gasteiger partial charge in [0.1, 0.15) is 16.9 Å². The van der Waals surface area contributed by atoms with Gasteiger partial charge in [-0.15, -0.1) is 0 Å². The van der Waals surface area contributed by atoms with Gasteiger partial charge in [-0.1, -0.05) is 61.9 Å². The van der Waals surface area contributed by atoms with Crippen LogP contribution in [0.5, 0.6) is 11.5 Å². The first-order chi connectivity index (χ1) is 14.9. The van der Waals surface area contributed by atoms with Crippen molar-refractivity contribution in [3.8, 4) is 17.6 Å². The van der Waals surface area contributed by atoms with Crippen LogP contribution in [0.3, 0.4) is 0 Å². The highest BCUT2D eigenvalue weighted by Crippen LogP contribution is 2.54. The van der Waals surface area contributed by atoms with Gasteiger partial charge in [0.05, 0.1) is 17.9 Å². The van der Waals surface area contributed by atoms with E-state index in [2.05, 4.69) is 0 Å². The van der Waals surface area contributed by atoms with E-state index in [4.69, 9.17) is 16.3 Å². The lowest BCUT2D eigenvalue weighted by molar-refractivity contribution is -0.211. The zero-order valence-corrected chi connectivity index (χ0v) is 18.5. The molecule has 170 valence electrons. The smallest absolute Gasteiger partial charge is 0.396 e. The van der Waals surface area contributed by atoms with Crippen molar-refractivity contribution in [2.24, 2.45) is 17.3 Å². The normalized spacial score (nSPS) is 16.0. The van der Waals surface area contributed by atoms with Gasteiger partial charge in [-0.2, -0.15) is 18.4 Å². The summed E-state index contributed by atoms with van der Waals surface area (Å²) in [5.74, 6) is -6.18. The molecule has 1 N–H and O–H groups in total. The van der Waals surface area contributed by atoms with E-state index >= 15 is 0 Å². The van der Waals surface area contributed by atoms with E-state index in [1.54, 1.807) is 36.4 Å². The van der Waals surface area contributed by atoms with Crippen molar-refractivity contribution in [1.29, 1.82) is 5.26 Å². The van der Waals surface area contributed by atoms with Gasteiger partial charge in [-0.3, -0.25) is 4.79 Å². The number of rotatable bonds is 8. The van der Waals surface area contributed by atoms with Crippen LogP contribution in [0.25, 0.3) is 0 Å². The maximum absolute atomic E-state index is 14.2. The van der Waals surface area contributed by atoms with Crippen LogP contribution in [0.4, 0.5) is 13.2 Å². The molecule has 0 bridgehead atoms. The summed E-state index contributed by atoms with van der Waals surface area (Å²) in [5, 5.41) is 19.9. The second kappa shape index (κ2) is 10.1. The summed E-state index contributed by atoms with van der Waals surface area (Å²) >= 11 is 5.77. The molecular formula is C24H23ClF3NO3. The molecule has 0 heterocycles. The van der Waals surface area contributed by atoms with Gasteiger partial charge in [-0.05, 0) is 42.7 Å². The van der Waals surface area contributed by atoms with Gasteiger partial charge in [0.15, 0.2) is 0 Å². The van der Waals surface area contributed by atoms with Crippen molar-refractivity contribution >= 4 is 17.6 Å². The predicted molar refractivity (Wildman–Crippen MR) is 115 cm³/mol. The topological polar surface area (TPSA) is 70.3 Å². The van der Waals surface area contributed by atoms with Crippen LogP contribution in [-0.4, -0.2) is 17.3 Å². The Balaban J connectivity index is 2.70. The maximum Gasteiger partial charge on any atom is 0.396 e. The van der Waals surface area contributed by atoms with Crippen LogP contribution in [0.15, 0.2) is 65.7 Å². The maximum atomic E-state index is 14.2. The first kappa shape index (κ1) is 25.3. The van der Waals surface area contributed by atoms with Crippen LogP contribution in [0.2, 0.25) is 0 Å². The number of aliphatic carboxylic acids is 1. The summed E-state index contributed by atoms with van der Waals surface area (Å²) in [6.45, 7) is 3.96. The number of alkyl halides is 3. The highest BCUT2D eigenvalue weighted by Gasteiger charge is 2.63. The molecule has 0 saturated carbocycles. The molecule has 3 unspecified atom stereocenters. The lowest BCUT2D eigenvalue weighted by atomic mass is 9.58. The molecule has 32 heavy (non-hydrogen) atoms. The van der Waals surface area contributed by atoms with E-state index in [1.165, 1.54) is 39.0 Å². The molecule has 0 fully saturated rings. The molecule has 2 aromatic rings. The van der Waals surface area contributed by atoms with Crippen LogP contribution in [0.1, 0.15) is 32.3 Å². The molecule has 0 radical (unpaired) electrons. The number of ether oxygens (including phenoxy) is 1. The summed E-state index contributed by atoms with van der Waals surface area (Å²) in [6.07, 6.45) is -4.28. The Bertz CT molecular complexity index is 1010. The van der Waals surface area contributed by atoms with Crippen molar-refractivity contribution in [3.05, 3.63) is 71.3 Å². The molecular weight excluding hydrogens is 443 g/mol. The fourth-order valence-electron chi connectivity index (χ4n) is 3.95. The SMILES string of the molecule is CC(Cl)=CC(C(F)(F)F)C(C(=O)O)(C(C)C)C(C#N)c1cccc(Oc2ccccc2)c1. The van der Waals surface area contributed by atoms with Crippen LogP contribution in [-0.2, 0) is 4.79 Å². The van der Waals surface area contributed by atoms with Crippen molar-refractivity contribution in [2.45, 2.75) is 32.9 Å². The fourth-order valence-corrected chi connectivity index (χ4v) is 4.07. The third-order valence-corrected chi connectivity index (χ3v) is 5.49. The first-order valence-corrected chi connectivity index (χ1v) is 10.2. The minimum absolute atomic E-state index is 0.104. The molecule has 8 heteroatoms. The van der Waals surface area contributed by atoms with Gasteiger partial charge in [0.25, 0.3) is 0 Å². The number of carbonyl (C=O) groups is 1. The molecule has 2 aromatic carbocycles. The Kier molecular flexibility index (Phi) is 7.97. The molecule has 0 amide bonds. The van der Waals surface area contributed by atoms with Gasteiger partial charge < -0.3 is 9.84 Å². The Morgan fingerprint density at radius 1 is 1.12 bits per heavy atom. The summed E-state index contributed by atoms with van der Waals surface area (Å²) < 4.78 is 48.3. The number of halogens is 4. The Morgan fingerprint density at radius 2 is 1.72 bits per heavy atom. The monoisotopic (exact) mass is 465 g/mol. The van der Waals surface area contributed by atoms with E-state index in [0.29, 0.717) is 11.8 Å². The number of nitrogens with zero attached hydrogens (tertiary/aromatic N) is 1. The molecule has 0 aromatic heterocycles. The molecule has 0 spiro atoms. The molecule has 3 atom stereocenters. The Morgan fingerprint density at radius 3 is 2.19 bits per heavy atom.